The summed E-state index contributed by atoms with van der Waals surface area (Å²) in [6.45, 7) is 6.58. The highest BCUT2D eigenvalue weighted by molar-refractivity contribution is 7.19. The van der Waals surface area contributed by atoms with Gasteiger partial charge in [0, 0.05) is 42.9 Å². The minimum atomic E-state index is -0.706. The Bertz CT molecular complexity index is 2890. The molecule has 65 heavy (non-hydrogen) atoms. The molecule has 4 aromatic heterocycles. The second-order valence-corrected chi connectivity index (χ2v) is 19.3. The number of thiophene rings is 2. The van der Waals surface area contributed by atoms with Crippen molar-refractivity contribution in [1.29, 1.82) is 0 Å². The van der Waals surface area contributed by atoms with E-state index in [1.54, 1.807) is 56.7 Å². The fourth-order valence-electron chi connectivity index (χ4n) is 9.67. The number of anilines is 4. The predicted molar refractivity (Wildman–Crippen MR) is 257 cm³/mol. The molecule has 2 aromatic carbocycles. The largest absolute Gasteiger partial charge is 0.495 e. The highest BCUT2D eigenvalue weighted by atomic mass is 32.1. The lowest BCUT2D eigenvalue weighted by atomic mass is 9.71. The Hall–Kier alpha value is -6.04. The zero-order valence-electron chi connectivity index (χ0n) is 37.5. The van der Waals surface area contributed by atoms with Gasteiger partial charge in [0.25, 0.3) is 0 Å². The molecule has 1 amide bonds. The maximum absolute atomic E-state index is 13.5. The van der Waals surface area contributed by atoms with E-state index >= 15 is 0 Å². The number of hydrogen-bond donors (Lipinski definition) is 3. The number of carboxylic acids is 1. The fourth-order valence-corrected chi connectivity index (χ4v) is 12.3. The number of amides is 1. The number of nitrogens with zero attached hydrogens (tertiary/aromatic N) is 7. The number of fused-ring (bicyclic) bond motifs is 8. The van der Waals surface area contributed by atoms with E-state index in [-0.39, 0.29) is 11.3 Å². The second kappa shape index (κ2) is 18.1. The molecule has 17 heteroatoms. The monoisotopic (exact) mass is 915 g/mol. The number of hydrogen-bond acceptors (Lipinski definition) is 15. The van der Waals surface area contributed by atoms with E-state index in [2.05, 4.69) is 53.5 Å². The Morgan fingerprint density at radius 2 is 1.23 bits per heavy atom. The number of carbonyl (C=O) groups is 2. The van der Waals surface area contributed by atoms with Gasteiger partial charge in [-0.1, -0.05) is 13.8 Å². The summed E-state index contributed by atoms with van der Waals surface area (Å²) in [7, 11) is 6.87. The summed E-state index contributed by atoms with van der Waals surface area (Å²) in [6, 6.07) is 8.14. The number of aromatic nitrogens is 4. The highest BCUT2D eigenvalue weighted by Crippen LogP contribution is 2.49. The molecule has 6 aromatic rings. The minimum Gasteiger partial charge on any atom is -0.495 e. The summed E-state index contributed by atoms with van der Waals surface area (Å²) in [5.41, 5.74) is 7.50. The molecule has 15 nitrogen and oxygen atoms in total. The van der Waals surface area contributed by atoms with E-state index in [1.165, 1.54) is 16.0 Å². The van der Waals surface area contributed by atoms with Gasteiger partial charge in [0.1, 0.15) is 45.5 Å². The number of aliphatic imine (C=N–C) groups is 2. The average Bonchev–Trinajstić information content (AvgIpc) is 4.14. The van der Waals surface area contributed by atoms with Crippen molar-refractivity contribution in [3.05, 3.63) is 80.1 Å². The lowest BCUT2D eigenvalue weighted by Gasteiger charge is -2.38. The summed E-state index contributed by atoms with van der Waals surface area (Å²) in [6.07, 6.45) is 12.6. The van der Waals surface area contributed by atoms with Crippen LogP contribution in [0.5, 0.6) is 11.5 Å². The quantitative estimate of drug-likeness (QED) is 0.100. The number of carbonyl (C=O) groups excluding carboxylic acids is 1. The van der Waals surface area contributed by atoms with Crippen LogP contribution in [0.4, 0.5) is 23.0 Å². The van der Waals surface area contributed by atoms with Crippen molar-refractivity contribution < 1.29 is 28.9 Å². The number of aryl methyl sites for hydroxylation is 2. The summed E-state index contributed by atoms with van der Waals surface area (Å²) < 4.78 is 16.4. The van der Waals surface area contributed by atoms with Gasteiger partial charge < -0.3 is 34.9 Å². The van der Waals surface area contributed by atoms with Crippen LogP contribution >= 0.6 is 22.7 Å². The molecule has 4 aliphatic rings. The zero-order valence-corrected chi connectivity index (χ0v) is 39.2. The highest BCUT2D eigenvalue weighted by Gasteiger charge is 2.44. The molecule has 6 heterocycles. The number of rotatable bonds is 13. The molecule has 2 atom stereocenters. The van der Waals surface area contributed by atoms with Gasteiger partial charge in [0.15, 0.2) is 0 Å². The van der Waals surface area contributed by atoms with Crippen molar-refractivity contribution in [2.75, 3.05) is 52.2 Å². The van der Waals surface area contributed by atoms with E-state index in [1.807, 2.05) is 49.5 Å². The van der Waals surface area contributed by atoms with E-state index < -0.39 is 11.4 Å². The Balaban J connectivity index is 0.000000166. The van der Waals surface area contributed by atoms with Crippen molar-refractivity contribution in [2.24, 2.45) is 20.8 Å². The van der Waals surface area contributed by atoms with Gasteiger partial charge in [0.05, 0.1) is 66.9 Å². The topological polar surface area (TPSA) is 186 Å². The molecule has 0 radical (unpaired) electrons. The Kier molecular flexibility index (Phi) is 12.3. The van der Waals surface area contributed by atoms with Crippen molar-refractivity contribution in [2.45, 2.75) is 78.3 Å². The van der Waals surface area contributed by atoms with Gasteiger partial charge >= 0.3 is 5.97 Å². The molecule has 0 bridgehead atoms. The summed E-state index contributed by atoms with van der Waals surface area (Å²) >= 11 is 3.26. The second-order valence-electron chi connectivity index (χ2n) is 17.2. The first kappa shape index (κ1) is 44.2. The Labute approximate surface area is 385 Å². The van der Waals surface area contributed by atoms with Gasteiger partial charge in [-0.2, -0.15) is 0 Å². The fraction of sp³-hybridized carbons (Fsp3) is 0.417. The standard InChI is InChI=1S/C26H31N5O3S.C22H22N4O3S/c1-5-26(25(32)31(2)8-9-33-3)7-6-18-21(12-26)35-24-22(18)23(28-15-29-24)30-19-10-16-13-27-14-17(16)11-20(19)34-4;1-3-22(21(27)28)5-4-14-17(8-22)30-20-18(14)19(24-11-25-20)26-15-6-12-9-23-10-13(12)7-16(15)29-2/h10-11,13,15H,5-9,12,14H2,1-4H3,(H,28,29,30);6-7,9,11H,3-5,8,10H2,1-2H3,(H,27,28)(H,24,25,26)/t26-;22-/m11/s1. The molecule has 0 fully saturated rings. The number of benzene rings is 2. The van der Waals surface area contributed by atoms with E-state index in [9.17, 15) is 14.7 Å². The number of ether oxygens (including phenoxy) is 3. The average molecular weight is 916 g/mol. The number of nitrogens with one attached hydrogen (secondary N) is 2. The van der Waals surface area contributed by atoms with Crippen LogP contribution in [-0.4, -0.2) is 95.8 Å². The van der Waals surface area contributed by atoms with Crippen LogP contribution < -0.4 is 20.1 Å². The van der Waals surface area contributed by atoms with Gasteiger partial charge in [0.2, 0.25) is 5.91 Å². The van der Waals surface area contributed by atoms with E-state index in [0.717, 1.165) is 108 Å². The van der Waals surface area contributed by atoms with Gasteiger partial charge in [-0.15, -0.1) is 22.7 Å². The van der Waals surface area contributed by atoms with Crippen LogP contribution in [0.3, 0.4) is 0 Å². The number of methoxy groups -OCH3 is 3. The molecular formula is C48H53N9O6S2. The van der Waals surface area contributed by atoms with Crippen LogP contribution in [0.15, 0.2) is 46.9 Å². The number of likely N-dealkylation sites (N-methyl/N-ethyl adjacent to an activating group) is 1. The molecule has 0 unspecified atom stereocenters. The van der Waals surface area contributed by atoms with Gasteiger partial charge in [-0.05, 0) is 109 Å². The van der Waals surface area contributed by atoms with E-state index in [0.29, 0.717) is 51.9 Å². The summed E-state index contributed by atoms with van der Waals surface area (Å²) in [5, 5.41) is 18.8. The first-order valence-electron chi connectivity index (χ1n) is 22.0. The molecule has 0 spiro atoms. The summed E-state index contributed by atoms with van der Waals surface area (Å²) in [5.74, 6) is 2.50. The molecule has 3 N–H and O–H groups in total. The van der Waals surface area contributed by atoms with Crippen LogP contribution in [0, 0.1) is 10.8 Å². The lowest BCUT2D eigenvalue weighted by molar-refractivity contribution is -0.150. The third-order valence-electron chi connectivity index (χ3n) is 13.7. The van der Waals surface area contributed by atoms with Crippen molar-refractivity contribution in [1.82, 2.24) is 24.8 Å². The number of aliphatic carboxylic acids is 1. The first-order chi connectivity index (χ1) is 31.5. The van der Waals surface area contributed by atoms with Crippen LogP contribution in [0.2, 0.25) is 0 Å². The molecule has 0 saturated carbocycles. The smallest absolute Gasteiger partial charge is 0.309 e. The van der Waals surface area contributed by atoms with Crippen molar-refractivity contribution in [3.63, 3.8) is 0 Å². The molecular weight excluding hydrogens is 863 g/mol. The van der Waals surface area contributed by atoms with Gasteiger partial charge in [-0.25, -0.2) is 19.9 Å². The van der Waals surface area contributed by atoms with Crippen LogP contribution in [0.1, 0.15) is 82.7 Å². The molecule has 0 saturated heterocycles. The Morgan fingerprint density at radius 3 is 1.69 bits per heavy atom. The minimum absolute atomic E-state index is 0.203. The lowest BCUT2D eigenvalue weighted by Crippen LogP contribution is -2.45. The third-order valence-corrected chi connectivity index (χ3v) is 16.0. The SMILES string of the molecule is CC[C@@]1(C(=O)N(C)CCOC)CCc2c(sc3ncnc(Nc4cc5c(cc4OC)CN=C5)c23)C1.CC[C@@]1(C(=O)O)CCc2c(sc3ncnc(Nc4cc5c(cc4OC)CN=C5)c23)C1. The molecule has 2 aliphatic heterocycles. The maximum atomic E-state index is 13.5. The summed E-state index contributed by atoms with van der Waals surface area (Å²) in [4.78, 5) is 58.3. The Morgan fingerprint density at radius 1 is 0.738 bits per heavy atom. The molecule has 338 valence electrons. The first-order valence-corrected chi connectivity index (χ1v) is 23.6. The maximum Gasteiger partial charge on any atom is 0.309 e. The van der Waals surface area contributed by atoms with Gasteiger partial charge in [-0.3, -0.25) is 19.6 Å². The molecule has 10 rings (SSSR count). The molecule has 2 aliphatic carbocycles. The normalized spacial score (nSPS) is 18.9. The van der Waals surface area contributed by atoms with Crippen LogP contribution in [-0.2, 0) is 53.1 Å². The van der Waals surface area contributed by atoms with Crippen LogP contribution in [0.25, 0.3) is 20.4 Å². The zero-order chi connectivity index (χ0) is 45.5. The number of carboxylic acid groups (broad SMARTS) is 1. The van der Waals surface area contributed by atoms with E-state index in [4.69, 9.17) is 14.2 Å². The van der Waals surface area contributed by atoms with Crippen molar-refractivity contribution >= 4 is 90.4 Å². The predicted octanol–water partition coefficient (Wildman–Crippen LogP) is 8.71. The van der Waals surface area contributed by atoms with Crippen molar-refractivity contribution in [3.8, 4) is 11.5 Å². The third kappa shape index (κ3) is 8.07.